The van der Waals surface area contributed by atoms with Gasteiger partial charge in [-0.1, -0.05) is 0 Å². The van der Waals surface area contributed by atoms with Crippen LogP contribution < -0.4 is 0 Å². The van der Waals surface area contributed by atoms with Gasteiger partial charge in [-0.05, 0) is 31.0 Å². The number of hydrogen-bond donors (Lipinski definition) is 2. The van der Waals surface area contributed by atoms with Crippen molar-refractivity contribution < 1.29 is 24.2 Å². The van der Waals surface area contributed by atoms with Crippen LogP contribution >= 0.6 is 0 Å². The minimum Gasteiger partial charge on any atom is -0.465 e. The van der Waals surface area contributed by atoms with Gasteiger partial charge in [0.2, 0.25) is 0 Å². The number of nitriles is 1. The second-order valence-electron chi connectivity index (χ2n) is 6.00. The van der Waals surface area contributed by atoms with Crippen LogP contribution in [-0.4, -0.2) is 70.7 Å². The molecule has 8 heteroatoms. The molecule has 0 bridgehead atoms. The van der Waals surface area contributed by atoms with Crippen molar-refractivity contribution in [2.45, 2.75) is 19.4 Å². The molecular weight excluding hydrogens is 329 g/mol. The number of carbonyl (C=O) groups excluding carboxylic acids is 1. The van der Waals surface area contributed by atoms with Gasteiger partial charge in [-0.3, -0.25) is 9.69 Å². The predicted molar refractivity (Wildman–Crippen MR) is 86.8 cm³/mol. The van der Waals surface area contributed by atoms with Crippen LogP contribution in [0.25, 0.3) is 0 Å². The van der Waals surface area contributed by atoms with Gasteiger partial charge in [0.1, 0.15) is 11.9 Å². The van der Waals surface area contributed by atoms with Gasteiger partial charge in [0.05, 0.1) is 12.1 Å². The molecule has 1 amide bonds. The SMILES string of the molecule is Cc1c(C(=O)CN2CCN(C(=O)O)CC2CCO)ccc(F)c1C#N. The summed E-state index contributed by atoms with van der Waals surface area (Å²) in [6.45, 7) is 2.30. The molecule has 0 saturated carbocycles. The molecule has 134 valence electrons. The van der Waals surface area contributed by atoms with Crippen LogP contribution in [-0.2, 0) is 0 Å². The molecular formula is C17H20FN3O4. The predicted octanol–water partition coefficient (Wildman–Crippen LogP) is 1.24. The monoisotopic (exact) mass is 349 g/mol. The molecule has 1 aromatic carbocycles. The third-order valence-corrected chi connectivity index (χ3v) is 4.51. The Labute approximate surface area is 144 Å². The first-order chi connectivity index (χ1) is 11.9. The maximum atomic E-state index is 13.6. The van der Waals surface area contributed by atoms with Gasteiger partial charge < -0.3 is 15.1 Å². The summed E-state index contributed by atoms with van der Waals surface area (Å²) in [6, 6.07) is 3.96. The van der Waals surface area contributed by atoms with E-state index in [1.54, 1.807) is 6.07 Å². The molecule has 1 saturated heterocycles. The molecule has 1 aliphatic heterocycles. The van der Waals surface area contributed by atoms with E-state index >= 15 is 0 Å². The molecule has 0 aliphatic carbocycles. The Hall–Kier alpha value is -2.50. The number of amides is 1. The Bertz CT molecular complexity index is 717. The lowest BCUT2D eigenvalue weighted by Gasteiger charge is -2.39. The van der Waals surface area contributed by atoms with E-state index in [2.05, 4.69) is 0 Å². The fourth-order valence-corrected chi connectivity index (χ4v) is 3.09. The number of piperazine rings is 1. The lowest BCUT2D eigenvalue weighted by Crippen LogP contribution is -2.55. The molecule has 1 unspecified atom stereocenters. The average Bonchev–Trinajstić information content (AvgIpc) is 2.56. The summed E-state index contributed by atoms with van der Waals surface area (Å²) in [6.07, 6.45) is -0.676. The third-order valence-electron chi connectivity index (χ3n) is 4.51. The summed E-state index contributed by atoms with van der Waals surface area (Å²) in [7, 11) is 0. The molecule has 1 heterocycles. The zero-order valence-electron chi connectivity index (χ0n) is 13.9. The van der Waals surface area contributed by atoms with Crippen molar-refractivity contribution in [3.63, 3.8) is 0 Å². The number of halogens is 1. The molecule has 1 aromatic rings. The molecule has 0 aromatic heterocycles. The fourth-order valence-electron chi connectivity index (χ4n) is 3.09. The molecule has 2 N–H and O–H groups in total. The van der Waals surface area contributed by atoms with Crippen molar-refractivity contribution in [2.75, 3.05) is 32.8 Å². The number of hydrogen-bond acceptors (Lipinski definition) is 5. The van der Waals surface area contributed by atoms with Crippen LogP contribution in [0, 0.1) is 24.1 Å². The van der Waals surface area contributed by atoms with Crippen molar-refractivity contribution in [3.8, 4) is 6.07 Å². The van der Waals surface area contributed by atoms with E-state index < -0.39 is 11.9 Å². The van der Waals surface area contributed by atoms with Crippen LogP contribution in [0.5, 0.6) is 0 Å². The van der Waals surface area contributed by atoms with E-state index in [4.69, 9.17) is 10.4 Å². The van der Waals surface area contributed by atoms with Gasteiger partial charge in [0.15, 0.2) is 5.78 Å². The minimum atomic E-state index is -1.03. The van der Waals surface area contributed by atoms with Crippen LogP contribution in [0.15, 0.2) is 12.1 Å². The number of carboxylic acid groups (broad SMARTS) is 1. The summed E-state index contributed by atoms with van der Waals surface area (Å²) < 4.78 is 13.6. The summed E-state index contributed by atoms with van der Waals surface area (Å²) in [5.74, 6) is -0.925. The molecule has 0 radical (unpaired) electrons. The lowest BCUT2D eigenvalue weighted by atomic mass is 9.98. The molecule has 2 rings (SSSR count). The first-order valence-electron chi connectivity index (χ1n) is 7.94. The number of rotatable bonds is 5. The quantitative estimate of drug-likeness (QED) is 0.775. The topological polar surface area (TPSA) is 105 Å². The van der Waals surface area contributed by atoms with Gasteiger partial charge in [-0.15, -0.1) is 0 Å². The van der Waals surface area contributed by atoms with Gasteiger partial charge in [-0.2, -0.15) is 5.26 Å². The first kappa shape index (κ1) is 18.8. The second-order valence-corrected chi connectivity index (χ2v) is 6.00. The van der Waals surface area contributed by atoms with E-state index in [0.717, 1.165) is 6.07 Å². The summed E-state index contributed by atoms with van der Waals surface area (Å²) in [5, 5.41) is 27.3. The van der Waals surface area contributed by atoms with Crippen molar-refractivity contribution in [3.05, 3.63) is 34.6 Å². The van der Waals surface area contributed by atoms with E-state index in [1.165, 1.54) is 17.9 Å². The van der Waals surface area contributed by atoms with Crippen molar-refractivity contribution in [2.24, 2.45) is 0 Å². The zero-order chi connectivity index (χ0) is 18.6. The number of Topliss-reactive ketones (excluding diaryl/α,β-unsaturated/α-hetero) is 1. The standard InChI is InChI=1S/C17H20FN3O4/c1-11-13(2-3-15(18)14(11)8-19)16(23)10-20-5-6-21(17(24)25)9-12(20)4-7-22/h2-3,12,22H,4-7,9-10H2,1H3,(H,24,25). The second kappa shape index (κ2) is 8.05. The lowest BCUT2D eigenvalue weighted by molar-refractivity contribution is 0.0527. The highest BCUT2D eigenvalue weighted by atomic mass is 19.1. The summed E-state index contributed by atoms with van der Waals surface area (Å²) >= 11 is 0. The minimum absolute atomic E-state index is 0.0233. The average molecular weight is 349 g/mol. The Kier molecular flexibility index (Phi) is 6.07. The van der Waals surface area contributed by atoms with Gasteiger partial charge in [0.25, 0.3) is 0 Å². The van der Waals surface area contributed by atoms with Crippen molar-refractivity contribution >= 4 is 11.9 Å². The largest absolute Gasteiger partial charge is 0.465 e. The Morgan fingerprint density at radius 3 is 2.72 bits per heavy atom. The summed E-state index contributed by atoms with van der Waals surface area (Å²) in [4.78, 5) is 26.8. The van der Waals surface area contributed by atoms with Crippen LogP contribution in [0.4, 0.5) is 9.18 Å². The highest BCUT2D eigenvalue weighted by Crippen LogP contribution is 2.19. The number of ketones is 1. The normalized spacial score (nSPS) is 18.0. The third kappa shape index (κ3) is 4.13. The highest BCUT2D eigenvalue weighted by Gasteiger charge is 2.30. The number of benzene rings is 1. The molecule has 7 nitrogen and oxygen atoms in total. The molecule has 25 heavy (non-hydrogen) atoms. The number of aliphatic hydroxyl groups excluding tert-OH is 1. The molecule has 0 spiro atoms. The van der Waals surface area contributed by atoms with E-state index in [0.29, 0.717) is 18.5 Å². The van der Waals surface area contributed by atoms with Crippen LogP contribution in [0.1, 0.15) is 27.9 Å². The Morgan fingerprint density at radius 2 is 2.12 bits per heavy atom. The number of aliphatic hydroxyl groups is 1. The Balaban J connectivity index is 2.17. The summed E-state index contributed by atoms with van der Waals surface area (Å²) in [5.41, 5.74) is 0.435. The van der Waals surface area contributed by atoms with E-state index in [9.17, 15) is 19.1 Å². The maximum Gasteiger partial charge on any atom is 0.407 e. The number of nitrogens with zero attached hydrogens (tertiary/aromatic N) is 3. The first-order valence-corrected chi connectivity index (χ1v) is 7.94. The van der Waals surface area contributed by atoms with Gasteiger partial charge in [0, 0.05) is 37.8 Å². The Morgan fingerprint density at radius 1 is 1.40 bits per heavy atom. The van der Waals surface area contributed by atoms with Gasteiger partial charge in [-0.25, -0.2) is 9.18 Å². The van der Waals surface area contributed by atoms with E-state index in [1.807, 2.05) is 4.90 Å². The smallest absolute Gasteiger partial charge is 0.407 e. The van der Waals surface area contributed by atoms with Gasteiger partial charge >= 0.3 is 6.09 Å². The number of carbonyl (C=O) groups is 2. The van der Waals surface area contributed by atoms with Crippen molar-refractivity contribution in [1.29, 1.82) is 5.26 Å². The maximum absolute atomic E-state index is 13.6. The molecule has 1 aliphatic rings. The van der Waals surface area contributed by atoms with Crippen LogP contribution in [0.2, 0.25) is 0 Å². The zero-order valence-corrected chi connectivity index (χ0v) is 13.9. The fraction of sp³-hybridized carbons (Fsp3) is 0.471. The molecule has 1 fully saturated rings. The molecule has 1 atom stereocenters. The van der Waals surface area contributed by atoms with E-state index in [-0.39, 0.29) is 49.2 Å². The van der Waals surface area contributed by atoms with Crippen molar-refractivity contribution in [1.82, 2.24) is 9.80 Å². The van der Waals surface area contributed by atoms with Crippen LogP contribution in [0.3, 0.4) is 0 Å². The highest BCUT2D eigenvalue weighted by molar-refractivity contribution is 5.99.